The maximum atomic E-state index is 6.38. The van der Waals surface area contributed by atoms with Gasteiger partial charge in [-0.3, -0.25) is 0 Å². The number of anilines is 6. The van der Waals surface area contributed by atoms with E-state index in [1.54, 1.807) is 0 Å². The molecule has 11 rings (SSSR count). The Morgan fingerprint density at radius 1 is 0.379 bits per heavy atom. The summed E-state index contributed by atoms with van der Waals surface area (Å²) in [5.74, 6) is 0. The van der Waals surface area contributed by atoms with Crippen LogP contribution in [0.4, 0.5) is 34.1 Å². The Morgan fingerprint density at radius 3 is 1.57 bits per heavy atom. The molecule has 0 spiro atoms. The molecule has 278 valence electrons. The molecule has 5 heteroatoms. The summed E-state index contributed by atoms with van der Waals surface area (Å²) < 4.78 is 8.97. The highest BCUT2D eigenvalue weighted by atomic mass is 32.1. The lowest BCUT2D eigenvalue weighted by Crippen LogP contribution is -2.37. The van der Waals surface area contributed by atoms with Crippen molar-refractivity contribution in [2.45, 2.75) is 19.6 Å². The zero-order chi connectivity index (χ0) is 39.0. The van der Waals surface area contributed by atoms with Crippen LogP contribution in [0.15, 0.2) is 192 Å². The van der Waals surface area contributed by atoms with Crippen LogP contribution in [-0.4, -0.2) is 8.07 Å². The lowest BCUT2D eigenvalue weighted by atomic mass is 9.96. The molecule has 0 fully saturated rings. The molecular weight excluding hydrogens is 741 g/mol. The monoisotopic (exact) mass is 780 g/mol. The number of furan rings is 1. The second-order valence-corrected chi connectivity index (χ2v) is 22.3. The van der Waals surface area contributed by atoms with E-state index in [0.29, 0.717) is 0 Å². The molecule has 0 saturated carbocycles. The molecule has 0 aliphatic rings. The molecule has 0 unspecified atom stereocenters. The van der Waals surface area contributed by atoms with Gasteiger partial charge in [0.2, 0.25) is 0 Å². The van der Waals surface area contributed by atoms with E-state index in [1.165, 1.54) is 52.6 Å². The molecule has 0 amide bonds. The Hall–Kier alpha value is -6.66. The minimum absolute atomic E-state index is 0.881. The van der Waals surface area contributed by atoms with Crippen molar-refractivity contribution in [2.24, 2.45) is 0 Å². The molecule has 0 radical (unpaired) electrons. The quantitative estimate of drug-likeness (QED) is 0.119. The van der Waals surface area contributed by atoms with Gasteiger partial charge in [0.25, 0.3) is 0 Å². The third-order valence-electron chi connectivity index (χ3n) is 11.6. The maximum Gasteiger partial charge on any atom is 0.137 e. The second kappa shape index (κ2) is 13.5. The van der Waals surface area contributed by atoms with Crippen LogP contribution in [0.3, 0.4) is 0 Å². The minimum atomic E-state index is -1.43. The predicted octanol–water partition coefficient (Wildman–Crippen LogP) is 15.7. The first-order chi connectivity index (χ1) is 28.4. The number of hydrogen-bond acceptors (Lipinski definition) is 4. The van der Waals surface area contributed by atoms with Crippen molar-refractivity contribution >= 4 is 122 Å². The van der Waals surface area contributed by atoms with Crippen molar-refractivity contribution < 1.29 is 4.42 Å². The van der Waals surface area contributed by atoms with Gasteiger partial charge in [0.05, 0.1) is 8.07 Å². The summed E-state index contributed by atoms with van der Waals surface area (Å²) in [4.78, 5) is 4.73. The van der Waals surface area contributed by atoms with Crippen LogP contribution in [0.5, 0.6) is 0 Å². The molecule has 0 aliphatic carbocycles. The number of hydrogen-bond donors (Lipinski definition) is 0. The molecule has 9 aromatic carbocycles. The first-order valence-electron chi connectivity index (χ1n) is 19.9. The van der Waals surface area contributed by atoms with Crippen molar-refractivity contribution in [2.75, 3.05) is 9.80 Å². The summed E-state index contributed by atoms with van der Waals surface area (Å²) in [5.41, 5.74) is 8.50. The smallest absolute Gasteiger partial charge is 0.137 e. The van der Waals surface area contributed by atoms with Crippen LogP contribution in [0.1, 0.15) is 0 Å². The Labute approximate surface area is 342 Å². The summed E-state index contributed by atoms with van der Waals surface area (Å²) >= 11 is 1.90. The molecule has 3 nitrogen and oxygen atoms in total. The second-order valence-electron chi connectivity index (χ2n) is 16.2. The lowest BCUT2D eigenvalue weighted by molar-refractivity contribution is 0.669. The van der Waals surface area contributed by atoms with Gasteiger partial charge in [0.15, 0.2) is 0 Å². The summed E-state index contributed by atoms with van der Waals surface area (Å²) in [6, 6.07) is 68.4. The number of para-hydroxylation sites is 3. The predicted molar refractivity (Wildman–Crippen MR) is 254 cm³/mol. The van der Waals surface area contributed by atoms with Gasteiger partial charge < -0.3 is 14.2 Å². The van der Waals surface area contributed by atoms with Gasteiger partial charge in [-0.15, -0.1) is 11.3 Å². The first-order valence-corrected chi connectivity index (χ1v) is 24.2. The maximum absolute atomic E-state index is 6.38. The fourth-order valence-electron chi connectivity index (χ4n) is 8.72. The molecule has 0 bridgehead atoms. The number of nitrogens with zero attached hydrogens (tertiary/aromatic N) is 2. The number of thiophene rings is 1. The van der Waals surface area contributed by atoms with E-state index in [-0.39, 0.29) is 0 Å². The highest BCUT2D eigenvalue weighted by Gasteiger charge is 2.22. The molecule has 0 N–H and O–H groups in total. The first kappa shape index (κ1) is 34.6. The molecule has 58 heavy (non-hydrogen) atoms. The molecule has 0 atom stereocenters. The Bertz CT molecular complexity index is 3330. The van der Waals surface area contributed by atoms with Gasteiger partial charge in [-0.25, -0.2) is 0 Å². The summed E-state index contributed by atoms with van der Waals surface area (Å²) in [7, 11) is -1.43. The van der Waals surface area contributed by atoms with E-state index in [1.807, 2.05) is 23.5 Å². The van der Waals surface area contributed by atoms with Gasteiger partial charge in [-0.1, -0.05) is 128 Å². The van der Waals surface area contributed by atoms with Gasteiger partial charge in [0, 0.05) is 76.5 Å². The van der Waals surface area contributed by atoms with Crippen LogP contribution in [-0.2, 0) is 0 Å². The van der Waals surface area contributed by atoms with Crippen LogP contribution in [0.2, 0.25) is 19.6 Å². The van der Waals surface area contributed by atoms with Crippen molar-refractivity contribution in [3.05, 3.63) is 188 Å². The Morgan fingerprint density at radius 2 is 0.879 bits per heavy atom. The van der Waals surface area contributed by atoms with E-state index in [4.69, 9.17) is 4.42 Å². The molecule has 0 saturated heterocycles. The Balaban J connectivity index is 1.09. The van der Waals surface area contributed by atoms with Crippen molar-refractivity contribution in [1.29, 1.82) is 0 Å². The van der Waals surface area contributed by atoms with E-state index >= 15 is 0 Å². The van der Waals surface area contributed by atoms with Gasteiger partial charge in [0.1, 0.15) is 11.2 Å². The number of benzene rings is 9. The van der Waals surface area contributed by atoms with Crippen molar-refractivity contribution in [3.63, 3.8) is 0 Å². The highest BCUT2D eigenvalue weighted by molar-refractivity contribution is 7.27. The third-order valence-corrected chi connectivity index (χ3v) is 14.8. The fraction of sp³-hybridized carbons (Fsp3) is 0.0566. The standard InChI is InChI=1S/C53H40N2OSSi/c1-58(2,3)41-27-22-37(23-28-41)54(35-14-6-4-7-15-35)40-26-31-47-51(34-40)57-53-46-30-25-38(32-48(46)42-18-10-11-20-45(42)52(47)53)55(36-16-8-5-9-17-36)39-24-29-44-43-19-12-13-21-49(43)56-50(44)33-39/h4-34H,1-3H3. The van der Waals surface area contributed by atoms with Crippen LogP contribution >= 0.6 is 11.3 Å². The van der Waals surface area contributed by atoms with E-state index in [9.17, 15) is 0 Å². The topological polar surface area (TPSA) is 19.6 Å². The fourth-order valence-corrected chi connectivity index (χ4v) is 11.2. The summed E-state index contributed by atoms with van der Waals surface area (Å²) in [6.45, 7) is 7.22. The van der Waals surface area contributed by atoms with Gasteiger partial charge >= 0.3 is 0 Å². The molecule has 11 aromatic rings. The third kappa shape index (κ3) is 5.69. The van der Waals surface area contributed by atoms with Crippen molar-refractivity contribution in [3.8, 4) is 0 Å². The van der Waals surface area contributed by atoms with Gasteiger partial charge in [-0.05, 0) is 95.0 Å². The summed E-state index contributed by atoms with van der Waals surface area (Å²) in [6.07, 6.45) is 0. The summed E-state index contributed by atoms with van der Waals surface area (Å²) in [5, 5.41) is 11.4. The highest BCUT2D eigenvalue weighted by Crippen LogP contribution is 2.48. The number of rotatable bonds is 7. The molecular formula is C53H40N2OSSi. The zero-order valence-corrected chi connectivity index (χ0v) is 34.4. The minimum Gasteiger partial charge on any atom is -0.456 e. The van der Waals surface area contributed by atoms with Crippen LogP contribution in [0, 0.1) is 0 Å². The van der Waals surface area contributed by atoms with E-state index < -0.39 is 8.07 Å². The lowest BCUT2D eigenvalue weighted by Gasteiger charge is -2.26. The Kier molecular flexibility index (Phi) is 8.04. The zero-order valence-electron chi connectivity index (χ0n) is 32.6. The van der Waals surface area contributed by atoms with Crippen molar-refractivity contribution in [1.82, 2.24) is 0 Å². The van der Waals surface area contributed by atoms with Crippen LogP contribution < -0.4 is 15.0 Å². The van der Waals surface area contributed by atoms with E-state index in [2.05, 4.69) is 205 Å². The van der Waals surface area contributed by atoms with Crippen LogP contribution in [0.25, 0.3) is 63.7 Å². The molecule has 0 aliphatic heterocycles. The average molecular weight is 781 g/mol. The molecule has 2 heterocycles. The largest absolute Gasteiger partial charge is 0.456 e. The normalized spacial score (nSPS) is 12.1. The van der Waals surface area contributed by atoms with E-state index in [0.717, 1.165) is 50.4 Å². The number of fused-ring (bicyclic) bond motifs is 11. The van der Waals surface area contributed by atoms with Gasteiger partial charge in [-0.2, -0.15) is 0 Å². The average Bonchev–Trinajstić information content (AvgIpc) is 3.83. The molecule has 2 aromatic heterocycles. The SMILES string of the molecule is C[Si](C)(C)c1ccc(N(c2ccccc2)c2ccc3c(c2)sc2c4ccc(N(c5ccccc5)c5ccc6c(c5)oc5ccccc56)cc4c4ccccc4c32)cc1.